The van der Waals surface area contributed by atoms with Gasteiger partial charge in [0, 0.05) is 13.0 Å². The fraction of sp³-hybridized carbons (Fsp3) is 0.257. The number of hydrogen-bond acceptors (Lipinski definition) is 4. The maximum atomic E-state index is 12.5. The third-order valence-electron chi connectivity index (χ3n) is 7.20. The van der Waals surface area contributed by atoms with Crippen molar-refractivity contribution < 1.29 is 14.3 Å². The number of nitrogens with one attached hydrogen (secondary N) is 1. The SMILES string of the molecule is COc1ccc(OCCn2c(CCCCCNC(=O)Cc3ccc(-c4ccccc4)cc3)nc3ccccc32)cc1. The topological polar surface area (TPSA) is 65.4 Å². The number of unbranched alkanes of at least 4 members (excludes halogenated alkanes) is 2. The molecule has 0 aliphatic heterocycles. The van der Waals surface area contributed by atoms with Gasteiger partial charge in [-0.3, -0.25) is 4.79 Å². The lowest BCUT2D eigenvalue weighted by Gasteiger charge is -2.11. The molecular formula is C35H37N3O3. The molecule has 6 nitrogen and oxygen atoms in total. The Labute approximate surface area is 242 Å². The molecule has 6 heteroatoms. The van der Waals surface area contributed by atoms with Gasteiger partial charge in [0.15, 0.2) is 0 Å². The van der Waals surface area contributed by atoms with Crippen LogP contribution in [0.1, 0.15) is 30.7 Å². The van der Waals surface area contributed by atoms with Gasteiger partial charge in [-0.1, -0.05) is 73.2 Å². The molecule has 0 bridgehead atoms. The molecule has 0 radical (unpaired) electrons. The lowest BCUT2D eigenvalue weighted by Crippen LogP contribution is -2.26. The molecule has 0 unspecified atom stereocenters. The minimum Gasteiger partial charge on any atom is -0.497 e. The number of aryl methyl sites for hydroxylation is 1. The van der Waals surface area contributed by atoms with Crippen LogP contribution in [0, 0.1) is 0 Å². The molecule has 210 valence electrons. The molecular weight excluding hydrogens is 510 g/mol. The smallest absolute Gasteiger partial charge is 0.224 e. The number of carbonyl (C=O) groups excluding carboxylic acids is 1. The zero-order valence-corrected chi connectivity index (χ0v) is 23.6. The van der Waals surface area contributed by atoms with E-state index in [0.29, 0.717) is 19.6 Å². The third kappa shape index (κ3) is 7.76. The number of methoxy groups -OCH3 is 1. The third-order valence-corrected chi connectivity index (χ3v) is 7.20. The second kappa shape index (κ2) is 14.2. The van der Waals surface area contributed by atoms with Crippen LogP contribution in [0.2, 0.25) is 0 Å². The summed E-state index contributed by atoms with van der Waals surface area (Å²) in [7, 11) is 1.66. The van der Waals surface area contributed by atoms with Gasteiger partial charge in [-0.2, -0.15) is 0 Å². The molecule has 1 heterocycles. The van der Waals surface area contributed by atoms with E-state index in [9.17, 15) is 4.79 Å². The number of nitrogens with zero attached hydrogens (tertiary/aromatic N) is 2. The van der Waals surface area contributed by atoms with E-state index in [1.165, 1.54) is 5.56 Å². The second-order valence-corrected chi connectivity index (χ2v) is 10.1. The molecule has 0 saturated heterocycles. The summed E-state index contributed by atoms with van der Waals surface area (Å²) in [6, 6.07) is 34.4. The molecule has 4 aromatic carbocycles. The first-order valence-corrected chi connectivity index (χ1v) is 14.3. The first-order chi connectivity index (χ1) is 20.2. The standard InChI is InChI=1S/C35H37N3O3/c1-40-30-19-21-31(22-20-30)41-25-24-38-33-13-8-7-12-32(33)37-34(38)14-6-3-9-23-36-35(39)26-27-15-17-29(18-16-27)28-10-4-2-5-11-28/h2,4-5,7-8,10-13,15-22H,3,6,9,14,23-26H2,1H3,(H,36,39). The number of ether oxygens (including phenoxy) is 2. The lowest BCUT2D eigenvalue weighted by atomic mass is 10.0. The summed E-state index contributed by atoms with van der Waals surface area (Å²) in [5.41, 5.74) is 5.51. The van der Waals surface area contributed by atoms with Crippen molar-refractivity contribution in [2.24, 2.45) is 0 Å². The molecule has 5 aromatic rings. The van der Waals surface area contributed by atoms with Gasteiger partial charge in [0.2, 0.25) is 5.91 Å². The summed E-state index contributed by atoms with van der Waals surface area (Å²) in [5, 5.41) is 3.08. The molecule has 41 heavy (non-hydrogen) atoms. The highest BCUT2D eigenvalue weighted by Gasteiger charge is 2.11. The minimum absolute atomic E-state index is 0.0658. The highest BCUT2D eigenvalue weighted by Crippen LogP contribution is 2.21. The van der Waals surface area contributed by atoms with Gasteiger partial charge in [0.25, 0.3) is 0 Å². The van der Waals surface area contributed by atoms with Crippen LogP contribution in [0.4, 0.5) is 0 Å². The number of amides is 1. The Kier molecular flexibility index (Phi) is 9.67. The molecule has 5 rings (SSSR count). The second-order valence-electron chi connectivity index (χ2n) is 10.1. The number of benzene rings is 4. The van der Waals surface area contributed by atoms with E-state index in [-0.39, 0.29) is 5.91 Å². The van der Waals surface area contributed by atoms with Crippen molar-refractivity contribution in [1.29, 1.82) is 0 Å². The summed E-state index contributed by atoms with van der Waals surface area (Å²) >= 11 is 0. The normalized spacial score (nSPS) is 11.0. The largest absolute Gasteiger partial charge is 0.497 e. The number of para-hydroxylation sites is 2. The van der Waals surface area contributed by atoms with Crippen LogP contribution in [-0.2, 0) is 24.2 Å². The molecule has 0 aliphatic rings. The molecule has 0 aliphatic carbocycles. The van der Waals surface area contributed by atoms with Gasteiger partial charge < -0.3 is 19.4 Å². The van der Waals surface area contributed by atoms with Gasteiger partial charge in [-0.15, -0.1) is 0 Å². The maximum absolute atomic E-state index is 12.5. The Hall–Kier alpha value is -4.58. The van der Waals surface area contributed by atoms with Gasteiger partial charge >= 0.3 is 0 Å². The van der Waals surface area contributed by atoms with Crippen LogP contribution in [0.25, 0.3) is 22.2 Å². The summed E-state index contributed by atoms with van der Waals surface area (Å²) in [6.45, 7) is 1.97. The average Bonchev–Trinajstić information content (AvgIpc) is 3.37. The van der Waals surface area contributed by atoms with Crippen LogP contribution in [0.5, 0.6) is 11.5 Å². The van der Waals surface area contributed by atoms with E-state index in [1.54, 1.807) is 7.11 Å². The van der Waals surface area contributed by atoms with Crippen molar-refractivity contribution in [3.05, 3.63) is 115 Å². The molecule has 1 N–H and O–H groups in total. The molecule has 0 atom stereocenters. The zero-order chi connectivity index (χ0) is 28.3. The zero-order valence-electron chi connectivity index (χ0n) is 23.6. The van der Waals surface area contributed by atoms with Crippen LogP contribution < -0.4 is 14.8 Å². The average molecular weight is 548 g/mol. The fourth-order valence-corrected chi connectivity index (χ4v) is 5.00. The number of carbonyl (C=O) groups is 1. The van der Waals surface area contributed by atoms with Gasteiger partial charge in [0.1, 0.15) is 23.9 Å². The highest BCUT2D eigenvalue weighted by atomic mass is 16.5. The Morgan fingerprint density at radius 3 is 2.27 bits per heavy atom. The van der Waals surface area contributed by atoms with Crippen LogP contribution in [0.3, 0.4) is 0 Å². The first-order valence-electron chi connectivity index (χ1n) is 14.3. The van der Waals surface area contributed by atoms with Gasteiger partial charge in [0.05, 0.1) is 31.1 Å². The van der Waals surface area contributed by atoms with Crippen molar-refractivity contribution in [1.82, 2.24) is 14.9 Å². The molecule has 0 fully saturated rings. The molecule has 0 spiro atoms. The van der Waals surface area contributed by atoms with Crippen molar-refractivity contribution >= 4 is 16.9 Å². The van der Waals surface area contributed by atoms with E-state index >= 15 is 0 Å². The van der Waals surface area contributed by atoms with E-state index < -0.39 is 0 Å². The van der Waals surface area contributed by atoms with Crippen LogP contribution in [-0.4, -0.2) is 35.7 Å². The summed E-state index contributed by atoms with van der Waals surface area (Å²) in [5.74, 6) is 2.78. The number of imidazole rings is 1. The first kappa shape index (κ1) is 28.0. The van der Waals surface area contributed by atoms with Gasteiger partial charge in [-0.25, -0.2) is 4.98 Å². The Bertz CT molecular complexity index is 1530. The lowest BCUT2D eigenvalue weighted by molar-refractivity contribution is -0.120. The van der Waals surface area contributed by atoms with E-state index in [0.717, 1.165) is 71.7 Å². The van der Waals surface area contributed by atoms with E-state index in [4.69, 9.17) is 14.5 Å². The van der Waals surface area contributed by atoms with E-state index in [2.05, 4.69) is 52.3 Å². The van der Waals surface area contributed by atoms with Crippen LogP contribution >= 0.6 is 0 Å². The van der Waals surface area contributed by atoms with Crippen molar-refractivity contribution in [3.8, 4) is 22.6 Å². The van der Waals surface area contributed by atoms with Crippen molar-refractivity contribution in [2.75, 3.05) is 20.3 Å². The molecule has 1 amide bonds. The Balaban J connectivity index is 1.05. The fourth-order valence-electron chi connectivity index (χ4n) is 5.00. The number of fused-ring (bicyclic) bond motifs is 1. The predicted octanol–water partition coefficient (Wildman–Crippen LogP) is 6.86. The molecule has 0 saturated carbocycles. The summed E-state index contributed by atoms with van der Waals surface area (Å²) in [4.78, 5) is 17.4. The maximum Gasteiger partial charge on any atom is 0.224 e. The number of aromatic nitrogens is 2. The quantitative estimate of drug-likeness (QED) is 0.154. The number of rotatable bonds is 14. The van der Waals surface area contributed by atoms with Gasteiger partial charge in [-0.05, 0) is 65.9 Å². The minimum atomic E-state index is 0.0658. The summed E-state index contributed by atoms with van der Waals surface area (Å²) < 4.78 is 13.5. The van der Waals surface area contributed by atoms with E-state index in [1.807, 2.05) is 60.7 Å². The van der Waals surface area contributed by atoms with Crippen LogP contribution in [0.15, 0.2) is 103 Å². The number of hydrogen-bond donors (Lipinski definition) is 1. The Morgan fingerprint density at radius 1 is 0.780 bits per heavy atom. The molecule has 1 aromatic heterocycles. The highest BCUT2D eigenvalue weighted by molar-refractivity contribution is 5.79. The van der Waals surface area contributed by atoms with Crippen molar-refractivity contribution in [3.63, 3.8) is 0 Å². The monoisotopic (exact) mass is 547 g/mol. The summed E-state index contributed by atoms with van der Waals surface area (Å²) in [6.07, 6.45) is 4.27. The predicted molar refractivity (Wildman–Crippen MR) is 164 cm³/mol. The Morgan fingerprint density at radius 2 is 1.49 bits per heavy atom. The van der Waals surface area contributed by atoms with Crippen molar-refractivity contribution in [2.45, 2.75) is 38.6 Å².